The molecule has 3 rings (SSSR count). The number of ether oxygens (including phenoxy) is 1. The maximum Gasteiger partial charge on any atom is 0.319 e. The fourth-order valence-electron chi connectivity index (χ4n) is 3.04. The maximum atomic E-state index is 12.3. The van der Waals surface area contributed by atoms with Crippen molar-refractivity contribution in [1.29, 1.82) is 0 Å². The largest absolute Gasteiger partial charge is 0.467 e. The Kier molecular flexibility index (Phi) is 5.05. The van der Waals surface area contributed by atoms with Gasteiger partial charge in [-0.15, -0.1) is 0 Å². The SMILES string of the molecule is COCC(NC(=O)Nc1ccc2c(c1)CCCN2C)c1ccco1. The van der Waals surface area contributed by atoms with E-state index in [0.29, 0.717) is 12.4 Å². The second-order valence-corrected chi connectivity index (χ2v) is 5.99. The van der Waals surface area contributed by atoms with Crippen molar-refractivity contribution < 1.29 is 13.9 Å². The van der Waals surface area contributed by atoms with Gasteiger partial charge < -0.3 is 24.7 Å². The topological polar surface area (TPSA) is 66.7 Å². The summed E-state index contributed by atoms with van der Waals surface area (Å²) in [6.45, 7) is 1.41. The molecule has 1 aromatic carbocycles. The van der Waals surface area contributed by atoms with Crippen molar-refractivity contribution in [3.8, 4) is 0 Å². The highest BCUT2D eigenvalue weighted by Gasteiger charge is 2.18. The number of nitrogens with one attached hydrogen (secondary N) is 2. The molecule has 128 valence electrons. The van der Waals surface area contributed by atoms with Crippen LogP contribution in [0.3, 0.4) is 0 Å². The molecule has 2 heterocycles. The molecule has 1 aromatic heterocycles. The zero-order chi connectivity index (χ0) is 16.9. The van der Waals surface area contributed by atoms with E-state index in [4.69, 9.17) is 9.15 Å². The summed E-state index contributed by atoms with van der Waals surface area (Å²) in [5.41, 5.74) is 3.29. The molecule has 1 aliphatic heterocycles. The highest BCUT2D eigenvalue weighted by molar-refractivity contribution is 5.90. The molecule has 0 spiro atoms. The summed E-state index contributed by atoms with van der Waals surface area (Å²) < 4.78 is 10.5. The predicted octanol–water partition coefficient (Wildman–Crippen LogP) is 3.17. The van der Waals surface area contributed by atoms with Crippen molar-refractivity contribution in [3.63, 3.8) is 0 Å². The van der Waals surface area contributed by atoms with Gasteiger partial charge in [-0.1, -0.05) is 0 Å². The average Bonchev–Trinajstić information content (AvgIpc) is 3.09. The van der Waals surface area contributed by atoms with Crippen molar-refractivity contribution in [3.05, 3.63) is 47.9 Å². The van der Waals surface area contributed by atoms with E-state index in [2.05, 4.69) is 28.6 Å². The van der Waals surface area contributed by atoms with Gasteiger partial charge in [0.25, 0.3) is 0 Å². The van der Waals surface area contributed by atoms with Crippen molar-refractivity contribution in [2.24, 2.45) is 0 Å². The van der Waals surface area contributed by atoms with Crippen LogP contribution < -0.4 is 15.5 Å². The molecular formula is C18H23N3O3. The third-order valence-electron chi connectivity index (χ3n) is 4.21. The van der Waals surface area contributed by atoms with Crippen LogP contribution in [0.25, 0.3) is 0 Å². The molecule has 1 aliphatic rings. The number of carbonyl (C=O) groups excluding carboxylic acids is 1. The minimum atomic E-state index is -0.325. The van der Waals surface area contributed by atoms with Crippen LogP contribution in [0, 0.1) is 0 Å². The molecule has 0 saturated heterocycles. The van der Waals surface area contributed by atoms with E-state index in [0.717, 1.165) is 25.1 Å². The first-order chi connectivity index (χ1) is 11.7. The molecule has 6 heteroatoms. The van der Waals surface area contributed by atoms with Gasteiger partial charge in [-0.05, 0) is 48.7 Å². The summed E-state index contributed by atoms with van der Waals surface area (Å²) in [5.74, 6) is 0.666. The number of amides is 2. The quantitative estimate of drug-likeness (QED) is 0.884. The maximum absolute atomic E-state index is 12.3. The number of hydrogen-bond acceptors (Lipinski definition) is 4. The van der Waals surface area contributed by atoms with E-state index in [1.807, 2.05) is 18.2 Å². The summed E-state index contributed by atoms with van der Waals surface area (Å²) in [6, 6.07) is 9.03. The number of anilines is 2. The van der Waals surface area contributed by atoms with E-state index in [1.165, 1.54) is 11.3 Å². The molecule has 2 N–H and O–H groups in total. The second kappa shape index (κ2) is 7.40. The van der Waals surface area contributed by atoms with Crippen LogP contribution >= 0.6 is 0 Å². The number of furan rings is 1. The van der Waals surface area contributed by atoms with Gasteiger partial charge in [-0.25, -0.2) is 4.79 Å². The van der Waals surface area contributed by atoms with Gasteiger partial charge >= 0.3 is 6.03 Å². The highest BCUT2D eigenvalue weighted by Crippen LogP contribution is 2.28. The fourth-order valence-corrected chi connectivity index (χ4v) is 3.04. The molecule has 24 heavy (non-hydrogen) atoms. The fraction of sp³-hybridized carbons (Fsp3) is 0.389. The van der Waals surface area contributed by atoms with Gasteiger partial charge in [-0.2, -0.15) is 0 Å². The lowest BCUT2D eigenvalue weighted by molar-refractivity contribution is 0.159. The third-order valence-corrected chi connectivity index (χ3v) is 4.21. The minimum Gasteiger partial charge on any atom is -0.467 e. The Labute approximate surface area is 141 Å². The monoisotopic (exact) mass is 329 g/mol. The molecule has 6 nitrogen and oxygen atoms in total. The lowest BCUT2D eigenvalue weighted by atomic mass is 10.0. The summed E-state index contributed by atoms with van der Waals surface area (Å²) in [6.07, 6.45) is 3.75. The van der Waals surface area contributed by atoms with Crippen molar-refractivity contribution >= 4 is 17.4 Å². The molecular weight excluding hydrogens is 306 g/mol. The third kappa shape index (κ3) is 3.71. The lowest BCUT2D eigenvalue weighted by Gasteiger charge is -2.28. The van der Waals surface area contributed by atoms with Crippen molar-refractivity contribution in [1.82, 2.24) is 5.32 Å². The number of urea groups is 1. The first-order valence-electron chi connectivity index (χ1n) is 8.11. The van der Waals surface area contributed by atoms with Gasteiger partial charge in [0, 0.05) is 32.1 Å². The molecule has 1 unspecified atom stereocenters. The number of methoxy groups -OCH3 is 1. The van der Waals surface area contributed by atoms with Gasteiger partial charge in [0.05, 0.1) is 12.9 Å². The summed E-state index contributed by atoms with van der Waals surface area (Å²) in [4.78, 5) is 14.5. The molecule has 0 bridgehead atoms. The first-order valence-corrected chi connectivity index (χ1v) is 8.11. The van der Waals surface area contributed by atoms with E-state index in [1.54, 1.807) is 19.4 Å². The standard InChI is InChI=1S/C18H23N3O3/c1-21-9-3-5-13-11-14(7-8-16(13)21)19-18(22)20-15(12-23-2)17-6-4-10-24-17/h4,6-8,10-11,15H,3,5,9,12H2,1-2H3,(H2,19,20,22). The van der Waals surface area contributed by atoms with Crippen LogP contribution in [-0.2, 0) is 11.2 Å². The Hall–Kier alpha value is -2.47. The minimum absolute atomic E-state index is 0.280. The number of fused-ring (bicyclic) bond motifs is 1. The Morgan fingerprint density at radius 1 is 1.42 bits per heavy atom. The van der Waals surface area contributed by atoms with Crippen LogP contribution in [0.2, 0.25) is 0 Å². The van der Waals surface area contributed by atoms with Gasteiger partial charge in [-0.3, -0.25) is 0 Å². The average molecular weight is 329 g/mol. The molecule has 0 saturated carbocycles. The van der Waals surface area contributed by atoms with Crippen LogP contribution in [0.1, 0.15) is 23.8 Å². The number of hydrogen-bond donors (Lipinski definition) is 2. The summed E-state index contributed by atoms with van der Waals surface area (Å²) in [7, 11) is 3.69. The summed E-state index contributed by atoms with van der Waals surface area (Å²) >= 11 is 0. The normalized spacial score (nSPS) is 14.8. The van der Waals surface area contributed by atoms with Crippen LogP contribution in [0.4, 0.5) is 16.2 Å². The molecule has 0 radical (unpaired) electrons. The van der Waals surface area contributed by atoms with E-state index < -0.39 is 0 Å². The summed E-state index contributed by atoms with van der Waals surface area (Å²) in [5, 5.41) is 5.77. The molecule has 0 aliphatic carbocycles. The number of aryl methyl sites for hydroxylation is 1. The zero-order valence-corrected chi connectivity index (χ0v) is 14.0. The van der Waals surface area contributed by atoms with Gasteiger partial charge in [0.15, 0.2) is 0 Å². The Morgan fingerprint density at radius 3 is 3.04 bits per heavy atom. The van der Waals surface area contributed by atoms with Gasteiger partial charge in [0.1, 0.15) is 11.8 Å². The first kappa shape index (κ1) is 16.4. The van der Waals surface area contributed by atoms with Crippen molar-refractivity contribution in [2.45, 2.75) is 18.9 Å². The van der Waals surface area contributed by atoms with Crippen LogP contribution in [0.5, 0.6) is 0 Å². The van der Waals surface area contributed by atoms with E-state index in [9.17, 15) is 4.79 Å². The number of nitrogens with zero attached hydrogens (tertiary/aromatic N) is 1. The van der Waals surface area contributed by atoms with E-state index >= 15 is 0 Å². The van der Waals surface area contributed by atoms with E-state index in [-0.39, 0.29) is 12.1 Å². The second-order valence-electron chi connectivity index (χ2n) is 5.99. The Morgan fingerprint density at radius 2 is 2.29 bits per heavy atom. The van der Waals surface area contributed by atoms with Crippen molar-refractivity contribution in [2.75, 3.05) is 37.5 Å². The number of rotatable bonds is 5. The smallest absolute Gasteiger partial charge is 0.319 e. The Bertz CT molecular complexity index is 685. The lowest BCUT2D eigenvalue weighted by Crippen LogP contribution is -2.34. The number of carbonyl (C=O) groups is 1. The molecule has 2 aromatic rings. The zero-order valence-electron chi connectivity index (χ0n) is 14.0. The molecule has 1 atom stereocenters. The molecule has 2 amide bonds. The number of benzene rings is 1. The van der Waals surface area contributed by atoms with Gasteiger partial charge in [0.2, 0.25) is 0 Å². The van der Waals surface area contributed by atoms with Crippen LogP contribution in [0.15, 0.2) is 41.0 Å². The Balaban J connectivity index is 1.66. The van der Waals surface area contributed by atoms with Crippen LogP contribution in [-0.4, -0.2) is 33.3 Å². The highest BCUT2D eigenvalue weighted by atomic mass is 16.5. The molecule has 0 fully saturated rings. The predicted molar refractivity (Wildman–Crippen MR) is 93.5 cm³/mol.